The largest absolute Gasteiger partial charge is 0.372 e. The number of ether oxygens (including phenoxy) is 2. The Labute approximate surface area is 97.1 Å². The summed E-state index contributed by atoms with van der Waals surface area (Å²) in [4.78, 5) is 2.69. The first-order chi connectivity index (χ1) is 7.88. The first-order valence-corrected chi connectivity index (χ1v) is 6.86. The van der Waals surface area contributed by atoms with E-state index >= 15 is 0 Å². The molecule has 0 aromatic heterocycles. The minimum atomic E-state index is 0.540. The van der Waals surface area contributed by atoms with Crippen molar-refractivity contribution in [3.8, 4) is 0 Å². The molecule has 2 saturated heterocycles. The summed E-state index contributed by atoms with van der Waals surface area (Å²) in [6, 6.07) is 0.854. The fraction of sp³-hybridized carbons (Fsp3) is 1.00. The van der Waals surface area contributed by atoms with Crippen LogP contribution in [0, 0.1) is 11.8 Å². The van der Waals surface area contributed by atoms with Crippen LogP contribution in [-0.4, -0.2) is 49.5 Å². The molecular weight excluding hydrogens is 202 g/mol. The van der Waals surface area contributed by atoms with Crippen LogP contribution in [0.2, 0.25) is 0 Å². The molecule has 3 heteroatoms. The molecule has 2 aliphatic heterocycles. The molecule has 0 radical (unpaired) electrons. The second-order valence-electron chi connectivity index (χ2n) is 6.11. The molecule has 0 N–H and O–H groups in total. The fourth-order valence-electron chi connectivity index (χ4n) is 3.87. The Morgan fingerprint density at radius 3 is 2.06 bits per heavy atom. The summed E-state index contributed by atoms with van der Waals surface area (Å²) in [7, 11) is 0. The lowest BCUT2D eigenvalue weighted by Gasteiger charge is -2.34. The molecule has 2 aliphatic carbocycles. The minimum Gasteiger partial charge on any atom is -0.372 e. The van der Waals surface area contributed by atoms with Crippen molar-refractivity contribution in [3.63, 3.8) is 0 Å². The summed E-state index contributed by atoms with van der Waals surface area (Å²) < 4.78 is 10.8. The molecule has 4 rings (SSSR count). The molecule has 90 valence electrons. The topological polar surface area (TPSA) is 28.3 Å². The van der Waals surface area contributed by atoms with Crippen molar-refractivity contribution in [1.29, 1.82) is 0 Å². The highest BCUT2D eigenvalue weighted by Crippen LogP contribution is 2.47. The van der Waals surface area contributed by atoms with Crippen LogP contribution in [-0.2, 0) is 9.47 Å². The van der Waals surface area contributed by atoms with Crippen LogP contribution < -0.4 is 0 Å². The van der Waals surface area contributed by atoms with Crippen LogP contribution in [0.4, 0.5) is 0 Å². The van der Waals surface area contributed by atoms with Gasteiger partial charge in [-0.2, -0.15) is 0 Å². The highest BCUT2D eigenvalue weighted by Gasteiger charge is 2.44. The highest BCUT2D eigenvalue weighted by atomic mass is 16.6. The first-order valence-electron chi connectivity index (χ1n) is 6.86. The quantitative estimate of drug-likeness (QED) is 0.657. The third-order valence-corrected chi connectivity index (χ3v) is 4.85. The maximum Gasteiger partial charge on any atom is 0.0936 e. The van der Waals surface area contributed by atoms with Crippen LogP contribution in [0.1, 0.15) is 25.7 Å². The SMILES string of the molecule is C1CC2CC1CC2N(CC1CO1)CC1CO1. The van der Waals surface area contributed by atoms with Gasteiger partial charge < -0.3 is 9.47 Å². The van der Waals surface area contributed by atoms with Gasteiger partial charge in [-0.1, -0.05) is 6.42 Å². The molecule has 4 aliphatic rings. The lowest BCUT2D eigenvalue weighted by atomic mass is 9.93. The molecule has 0 amide bonds. The van der Waals surface area contributed by atoms with Crippen molar-refractivity contribution < 1.29 is 9.47 Å². The van der Waals surface area contributed by atoms with E-state index in [4.69, 9.17) is 9.47 Å². The molecule has 0 aromatic carbocycles. The predicted octanol–water partition coefficient (Wildman–Crippen LogP) is 1.27. The van der Waals surface area contributed by atoms with Crippen molar-refractivity contribution in [2.45, 2.75) is 43.9 Å². The van der Waals surface area contributed by atoms with E-state index in [1.807, 2.05) is 0 Å². The van der Waals surface area contributed by atoms with E-state index in [0.29, 0.717) is 12.2 Å². The molecule has 2 heterocycles. The number of fused-ring (bicyclic) bond motifs is 2. The van der Waals surface area contributed by atoms with Gasteiger partial charge in [0.15, 0.2) is 0 Å². The zero-order valence-corrected chi connectivity index (χ0v) is 9.81. The van der Waals surface area contributed by atoms with E-state index in [0.717, 1.165) is 44.2 Å². The summed E-state index contributed by atoms with van der Waals surface area (Å²) >= 11 is 0. The summed E-state index contributed by atoms with van der Waals surface area (Å²) in [6.45, 7) is 4.30. The Morgan fingerprint density at radius 1 is 0.938 bits per heavy atom. The van der Waals surface area contributed by atoms with Crippen molar-refractivity contribution >= 4 is 0 Å². The fourth-order valence-corrected chi connectivity index (χ4v) is 3.87. The molecule has 4 fully saturated rings. The zero-order valence-electron chi connectivity index (χ0n) is 9.81. The summed E-state index contributed by atoms with van der Waals surface area (Å²) in [5.41, 5.74) is 0. The van der Waals surface area contributed by atoms with E-state index in [1.54, 1.807) is 0 Å². The van der Waals surface area contributed by atoms with Gasteiger partial charge in [0.2, 0.25) is 0 Å². The maximum atomic E-state index is 5.40. The van der Waals surface area contributed by atoms with Crippen LogP contribution in [0.5, 0.6) is 0 Å². The van der Waals surface area contributed by atoms with Gasteiger partial charge in [-0.15, -0.1) is 0 Å². The molecule has 5 atom stereocenters. The van der Waals surface area contributed by atoms with Gasteiger partial charge >= 0.3 is 0 Å². The number of rotatable bonds is 5. The number of epoxide rings is 2. The van der Waals surface area contributed by atoms with Gasteiger partial charge in [0.1, 0.15) is 0 Å². The van der Waals surface area contributed by atoms with Gasteiger partial charge in [0, 0.05) is 19.1 Å². The molecule has 2 bridgehead atoms. The van der Waals surface area contributed by atoms with Crippen LogP contribution in [0.25, 0.3) is 0 Å². The van der Waals surface area contributed by atoms with Gasteiger partial charge in [-0.05, 0) is 31.1 Å². The lowest BCUT2D eigenvalue weighted by molar-refractivity contribution is 0.121. The molecule has 0 aromatic rings. The number of hydrogen-bond donors (Lipinski definition) is 0. The average molecular weight is 223 g/mol. The Balaban J connectivity index is 1.42. The normalized spacial score (nSPS) is 48.9. The van der Waals surface area contributed by atoms with Crippen LogP contribution >= 0.6 is 0 Å². The van der Waals surface area contributed by atoms with E-state index in [9.17, 15) is 0 Å². The third kappa shape index (κ3) is 1.89. The maximum absolute atomic E-state index is 5.40. The Morgan fingerprint density at radius 2 is 1.62 bits per heavy atom. The Bertz CT molecular complexity index is 261. The lowest BCUT2D eigenvalue weighted by Crippen LogP contribution is -2.43. The predicted molar refractivity (Wildman–Crippen MR) is 60.3 cm³/mol. The number of hydrogen-bond acceptors (Lipinski definition) is 3. The van der Waals surface area contributed by atoms with E-state index in [-0.39, 0.29) is 0 Å². The van der Waals surface area contributed by atoms with Gasteiger partial charge in [-0.25, -0.2) is 0 Å². The summed E-state index contributed by atoms with van der Waals surface area (Å²) in [6.07, 6.45) is 7.00. The molecule has 16 heavy (non-hydrogen) atoms. The smallest absolute Gasteiger partial charge is 0.0936 e. The molecule has 3 nitrogen and oxygen atoms in total. The summed E-state index contributed by atoms with van der Waals surface area (Å²) in [5.74, 6) is 2.03. The monoisotopic (exact) mass is 223 g/mol. The van der Waals surface area contributed by atoms with Crippen LogP contribution in [0.3, 0.4) is 0 Å². The average Bonchev–Trinajstić information content (AvgIpc) is 3.20. The van der Waals surface area contributed by atoms with Crippen molar-refractivity contribution in [3.05, 3.63) is 0 Å². The molecular formula is C13H21NO2. The standard InChI is InChI=1S/C13H21NO2/c1-2-10-3-9(1)4-13(10)14(5-11-7-15-11)6-12-8-16-12/h9-13H,1-8H2. The minimum absolute atomic E-state index is 0.540. The van der Waals surface area contributed by atoms with E-state index in [1.165, 1.54) is 25.7 Å². The van der Waals surface area contributed by atoms with Crippen LogP contribution in [0.15, 0.2) is 0 Å². The molecule has 0 spiro atoms. The van der Waals surface area contributed by atoms with E-state index in [2.05, 4.69) is 4.90 Å². The molecule has 2 saturated carbocycles. The third-order valence-electron chi connectivity index (χ3n) is 4.85. The second kappa shape index (κ2) is 3.69. The first kappa shape index (κ1) is 9.86. The van der Waals surface area contributed by atoms with Gasteiger partial charge in [-0.3, -0.25) is 4.90 Å². The Hall–Kier alpha value is -0.120. The second-order valence-corrected chi connectivity index (χ2v) is 6.11. The molecule has 5 unspecified atom stereocenters. The van der Waals surface area contributed by atoms with Crippen molar-refractivity contribution in [2.75, 3.05) is 26.3 Å². The van der Waals surface area contributed by atoms with E-state index < -0.39 is 0 Å². The van der Waals surface area contributed by atoms with Gasteiger partial charge in [0.25, 0.3) is 0 Å². The Kier molecular flexibility index (Phi) is 2.27. The number of nitrogens with zero attached hydrogens (tertiary/aromatic N) is 1. The van der Waals surface area contributed by atoms with Gasteiger partial charge in [0.05, 0.1) is 25.4 Å². The highest BCUT2D eigenvalue weighted by molar-refractivity contribution is 4.97. The van der Waals surface area contributed by atoms with Crippen molar-refractivity contribution in [1.82, 2.24) is 4.90 Å². The zero-order chi connectivity index (χ0) is 10.5. The summed E-state index contributed by atoms with van der Waals surface area (Å²) in [5, 5.41) is 0. The van der Waals surface area contributed by atoms with Crippen molar-refractivity contribution in [2.24, 2.45) is 11.8 Å².